The van der Waals surface area contributed by atoms with Crippen LogP contribution in [0.5, 0.6) is 0 Å². The number of sulfonamides is 1. The maximum absolute atomic E-state index is 11.4. The summed E-state index contributed by atoms with van der Waals surface area (Å²) >= 11 is 1.69. The maximum Gasteiger partial charge on any atom is 0.208 e. The van der Waals surface area contributed by atoms with Crippen LogP contribution in [0.4, 0.5) is 0 Å². The lowest BCUT2D eigenvalue weighted by Gasteiger charge is -2.38. The molecule has 3 rings (SSSR count). The average Bonchev–Trinajstić information content (AvgIpc) is 2.96. The molecule has 1 spiro atoms. The first-order chi connectivity index (χ1) is 10.3. The Morgan fingerprint density at radius 2 is 2.41 bits per heavy atom. The van der Waals surface area contributed by atoms with Crippen molar-refractivity contribution in [2.24, 2.45) is 0 Å². The number of hydrogen-bond acceptors (Lipinski definition) is 6. The second-order valence-electron chi connectivity index (χ2n) is 6.45. The van der Waals surface area contributed by atoms with Crippen molar-refractivity contribution < 1.29 is 13.2 Å². The van der Waals surface area contributed by atoms with Gasteiger partial charge >= 0.3 is 0 Å². The van der Waals surface area contributed by atoms with Crippen LogP contribution in [0.3, 0.4) is 0 Å². The van der Waals surface area contributed by atoms with Crippen LogP contribution in [0.15, 0.2) is 5.38 Å². The molecule has 0 aromatic carbocycles. The average molecular weight is 345 g/mol. The van der Waals surface area contributed by atoms with Crippen molar-refractivity contribution in [1.82, 2.24) is 14.6 Å². The lowest BCUT2D eigenvalue weighted by Crippen LogP contribution is -2.49. The van der Waals surface area contributed by atoms with Crippen LogP contribution in [0.1, 0.15) is 30.0 Å². The Balaban J connectivity index is 1.60. The van der Waals surface area contributed by atoms with E-state index < -0.39 is 10.0 Å². The van der Waals surface area contributed by atoms with E-state index in [1.54, 1.807) is 11.3 Å². The minimum Gasteiger partial charge on any atom is -0.373 e. The van der Waals surface area contributed by atoms with E-state index in [-0.39, 0.29) is 11.6 Å². The zero-order valence-electron chi connectivity index (χ0n) is 13.0. The number of rotatable bonds is 4. The highest BCUT2D eigenvalue weighted by atomic mass is 32.2. The fraction of sp³-hybridized carbons (Fsp3) is 0.786. The van der Waals surface area contributed by atoms with Crippen LogP contribution in [-0.4, -0.2) is 55.9 Å². The van der Waals surface area contributed by atoms with Crippen LogP contribution < -0.4 is 4.72 Å². The Labute approximate surface area is 135 Å². The van der Waals surface area contributed by atoms with E-state index in [4.69, 9.17) is 4.74 Å². The smallest absolute Gasteiger partial charge is 0.208 e. The highest BCUT2D eigenvalue weighted by Gasteiger charge is 2.43. The summed E-state index contributed by atoms with van der Waals surface area (Å²) in [5, 5.41) is 3.21. The molecule has 6 nitrogen and oxygen atoms in total. The molecular formula is C14H23N3O3S2. The number of hydrogen-bond donors (Lipinski definition) is 1. The van der Waals surface area contributed by atoms with Crippen LogP contribution in [0.2, 0.25) is 0 Å². The first-order valence-electron chi connectivity index (χ1n) is 7.58. The van der Waals surface area contributed by atoms with Crippen molar-refractivity contribution in [3.63, 3.8) is 0 Å². The Kier molecular flexibility index (Phi) is 4.57. The second kappa shape index (κ2) is 6.16. The van der Waals surface area contributed by atoms with Gasteiger partial charge in [-0.2, -0.15) is 0 Å². The van der Waals surface area contributed by atoms with Gasteiger partial charge in [-0.05, 0) is 26.2 Å². The Morgan fingerprint density at radius 1 is 1.59 bits per heavy atom. The molecular weight excluding hydrogens is 322 g/mol. The van der Waals surface area contributed by atoms with Crippen molar-refractivity contribution in [1.29, 1.82) is 0 Å². The summed E-state index contributed by atoms with van der Waals surface area (Å²) in [4.78, 5) is 6.88. The van der Waals surface area contributed by atoms with Gasteiger partial charge in [0.1, 0.15) is 5.01 Å². The Morgan fingerprint density at radius 3 is 3.09 bits per heavy atom. The molecule has 0 unspecified atom stereocenters. The van der Waals surface area contributed by atoms with Gasteiger partial charge in [0, 0.05) is 36.8 Å². The molecule has 2 atom stereocenters. The molecule has 1 aromatic rings. The zero-order valence-corrected chi connectivity index (χ0v) is 14.7. The molecule has 2 aliphatic rings. The molecule has 0 amide bonds. The molecule has 22 heavy (non-hydrogen) atoms. The standard InChI is InChI=1S/C14H23N3O3S2/c1-11-9-21-13(15-11)8-17-5-4-14(10-17)7-12(3-6-20-14)16-22(2,18)19/h9,12,16H,3-8,10H2,1-2H3/t12-,14-/m1/s1. The molecule has 2 saturated heterocycles. The van der Waals surface area contributed by atoms with E-state index in [0.717, 1.165) is 49.6 Å². The molecule has 1 N–H and O–H groups in total. The number of nitrogens with one attached hydrogen (secondary N) is 1. The van der Waals surface area contributed by atoms with E-state index in [1.807, 2.05) is 6.92 Å². The molecule has 2 aliphatic heterocycles. The quantitative estimate of drug-likeness (QED) is 0.885. The number of nitrogens with zero attached hydrogens (tertiary/aromatic N) is 2. The molecule has 8 heteroatoms. The summed E-state index contributed by atoms with van der Waals surface area (Å²) in [6.45, 7) is 5.32. The first kappa shape index (κ1) is 16.3. The van der Waals surface area contributed by atoms with Gasteiger partial charge in [0.15, 0.2) is 0 Å². The van der Waals surface area contributed by atoms with Crippen LogP contribution in [0, 0.1) is 6.92 Å². The summed E-state index contributed by atoms with van der Waals surface area (Å²) < 4.78 is 31.7. The van der Waals surface area contributed by atoms with Crippen LogP contribution >= 0.6 is 11.3 Å². The highest BCUT2D eigenvalue weighted by molar-refractivity contribution is 7.88. The second-order valence-corrected chi connectivity index (χ2v) is 9.18. The van der Waals surface area contributed by atoms with E-state index in [1.165, 1.54) is 6.26 Å². The van der Waals surface area contributed by atoms with Crippen molar-refractivity contribution in [2.45, 2.75) is 44.4 Å². The molecule has 2 fully saturated rings. The maximum atomic E-state index is 11.4. The lowest BCUT2D eigenvalue weighted by atomic mass is 9.90. The number of likely N-dealkylation sites (tertiary alicyclic amines) is 1. The van der Waals surface area contributed by atoms with Crippen molar-refractivity contribution in [3.8, 4) is 0 Å². The van der Waals surface area contributed by atoms with Crippen LogP contribution in [0.25, 0.3) is 0 Å². The number of ether oxygens (including phenoxy) is 1. The molecule has 3 heterocycles. The largest absolute Gasteiger partial charge is 0.373 e. The van der Waals surface area contributed by atoms with E-state index in [0.29, 0.717) is 6.61 Å². The van der Waals surface area contributed by atoms with Crippen LogP contribution in [-0.2, 0) is 21.3 Å². The Hall–Kier alpha value is -0.540. The van der Waals surface area contributed by atoms with Crippen molar-refractivity contribution in [3.05, 3.63) is 16.1 Å². The van der Waals surface area contributed by atoms with Gasteiger partial charge in [-0.3, -0.25) is 4.90 Å². The summed E-state index contributed by atoms with van der Waals surface area (Å²) in [7, 11) is -3.16. The molecule has 0 aliphatic carbocycles. The van der Waals surface area contributed by atoms with Crippen molar-refractivity contribution in [2.75, 3.05) is 26.0 Å². The van der Waals surface area contributed by atoms with Gasteiger partial charge in [-0.25, -0.2) is 18.1 Å². The van der Waals surface area contributed by atoms with E-state index >= 15 is 0 Å². The molecule has 1 aromatic heterocycles. The minimum atomic E-state index is -3.16. The van der Waals surface area contributed by atoms with Gasteiger partial charge < -0.3 is 4.74 Å². The molecule has 124 valence electrons. The van der Waals surface area contributed by atoms with Gasteiger partial charge in [-0.15, -0.1) is 11.3 Å². The number of thiazole rings is 1. The fourth-order valence-corrected chi connectivity index (χ4v) is 5.06. The van der Waals surface area contributed by atoms with Crippen molar-refractivity contribution >= 4 is 21.4 Å². The molecule has 0 bridgehead atoms. The van der Waals surface area contributed by atoms with Gasteiger partial charge in [0.2, 0.25) is 10.0 Å². The number of aryl methyl sites for hydroxylation is 1. The van der Waals surface area contributed by atoms with Gasteiger partial charge in [-0.1, -0.05) is 0 Å². The monoisotopic (exact) mass is 345 g/mol. The third-order valence-electron chi connectivity index (χ3n) is 4.29. The summed E-state index contributed by atoms with van der Waals surface area (Å²) in [5.41, 5.74) is 0.868. The van der Waals surface area contributed by atoms with E-state index in [9.17, 15) is 8.42 Å². The predicted octanol–water partition coefficient (Wildman–Crippen LogP) is 1.12. The minimum absolute atomic E-state index is 0.00851. The third kappa shape index (κ3) is 4.05. The third-order valence-corrected chi connectivity index (χ3v) is 6.01. The predicted molar refractivity (Wildman–Crippen MR) is 86.4 cm³/mol. The molecule has 0 saturated carbocycles. The Bertz CT molecular complexity index is 631. The summed E-state index contributed by atoms with van der Waals surface area (Å²) in [6, 6.07) is -0.00851. The first-order valence-corrected chi connectivity index (χ1v) is 10.4. The number of aromatic nitrogens is 1. The fourth-order valence-electron chi connectivity index (χ4n) is 3.44. The van der Waals surface area contributed by atoms with Gasteiger partial charge in [0.05, 0.1) is 18.4 Å². The topological polar surface area (TPSA) is 71.5 Å². The van der Waals surface area contributed by atoms with E-state index in [2.05, 4.69) is 20.0 Å². The van der Waals surface area contributed by atoms with Gasteiger partial charge in [0.25, 0.3) is 0 Å². The summed E-state index contributed by atoms with van der Waals surface area (Å²) in [5.74, 6) is 0. The summed E-state index contributed by atoms with van der Waals surface area (Å²) in [6.07, 6.45) is 3.69. The zero-order chi connectivity index (χ0) is 15.8. The normalized spacial score (nSPS) is 30.2. The molecule has 0 radical (unpaired) electrons. The lowest BCUT2D eigenvalue weighted by molar-refractivity contribution is -0.0779. The SMILES string of the molecule is Cc1csc(CN2CC[C@@]3(C[C@H](NS(C)(=O)=O)CCO3)C2)n1. The highest BCUT2D eigenvalue weighted by Crippen LogP contribution is 2.35.